The molecular weight excluding hydrogens is 286 g/mol. The Balaban J connectivity index is 2.68. The minimum atomic E-state index is -0.557. The summed E-state index contributed by atoms with van der Waals surface area (Å²) in [6, 6.07) is -0.267. The van der Waals surface area contributed by atoms with Crippen molar-refractivity contribution in [2.75, 3.05) is 26.2 Å². The summed E-state index contributed by atoms with van der Waals surface area (Å²) in [5.41, 5.74) is 4.66. The Kier molecular flexibility index (Phi) is 5.67. The first-order valence-electron chi connectivity index (χ1n) is 7.60. The first-order chi connectivity index (χ1) is 9.93. The lowest BCUT2D eigenvalue weighted by Crippen LogP contribution is -2.60. The van der Waals surface area contributed by atoms with Crippen LogP contribution in [0.2, 0.25) is 0 Å². The Morgan fingerprint density at radius 2 is 1.50 bits per heavy atom. The van der Waals surface area contributed by atoms with Crippen LogP contribution in [0.5, 0.6) is 0 Å². The van der Waals surface area contributed by atoms with Crippen molar-refractivity contribution in [3.05, 3.63) is 0 Å². The van der Waals surface area contributed by atoms with Gasteiger partial charge in [0.15, 0.2) is 0 Å². The molecule has 128 valence electrons. The molecule has 0 aromatic carbocycles. The Morgan fingerprint density at radius 1 is 1.00 bits per heavy atom. The molecule has 1 heterocycles. The Morgan fingerprint density at radius 3 is 1.95 bits per heavy atom. The zero-order valence-corrected chi connectivity index (χ0v) is 14.5. The van der Waals surface area contributed by atoms with E-state index in [9.17, 15) is 9.59 Å². The summed E-state index contributed by atoms with van der Waals surface area (Å²) >= 11 is 0. The summed E-state index contributed by atoms with van der Waals surface area (Å²) in [4.78, 5) is 27.5. The topological polar surface area (TPSA) is 85.1 Å². The van der Waals surface area contributed by atoms with Gasteiger partial charge in [-0.05, 0) is 41.5 Å². The van der Waals surface area contributed by atoms with Gasteiger partial charge in [-0.1, -0.05) is 0 Å². The second-order valence-electron chi connectivity index (χ2n) is 7.49. The van der Waals surface area contributed by atoms with Crippen LogP contribution in [0.25, 0.3) is 0 Å². The van der Waals surface area contributed by atoms with E-state index in [0.29, 0.717) is 19.6 Å². The van der Waals surface area contributed by atoms with Crippen molar-refractivity contribution in [3.63, 3.8) is 0 Å². The molecule has 0 aromatic rings. The van der Waals surface area contributed by atoms with Crippen molar-refractivity contribution in [2.45, 2.75) is 58.8 Å². The predicted octanol–water partition coefficient (Wildman–Crippen LogP) is 1.80. The SMILES string of the molecule is CC(C)(C)OC(=O)N1CCN(C(=O)OC(C)(C)C)C(CN)C1. The molecule has 1 saturated heterocycles. The molecule has 2 N–H and O–H groups in total. The van der Waals surface area contributed by atoms with Gasteiger partial charge >= 0.3 is 12.2 Å². The molecule has 22 heavy (non-hydrogen) atoms. The molecule has 1 aliphatic rings. The number of hydrogen-bond acceptors (Lipinski definition) is 5. The number of carbonyl (C=O) groups excluding carboxylic acids is 2. The molecule has 0 aromatic heterocycles. The highest BCUT2D eigenvalue weighted by atomic mass is 16.6. The fourth-order valence-electron chi connectivity index (χ4n) is 2.11. The standard InChI is InChI=1S/C15H29N3O4/c1-14(2,3)21-12(19)17-7-8-18(11(9-16)10-17)13(20)22-15(4,5)6/h11H,7-10,16H2,1-6H3. The summed E-state index contributed by atoms with van der Waals surface area (Å²) in [5, 5.41) is 0. The van der Waals surface area contributed by atoms with E-state index < -0.39 is 17.3 Å². The van der Waals surface area contributed by atoms with Crippen LogP contribution >= 0.6 is 0 Å². The maximum Gasteiger partial charge on any atom is 0.410 e. The number of piperazine rings is 1. The predicted molar refractivity (Wildman–Crippen MR) is 83.6 cm³/mol. The highest BCUT2D eigenvalue weighted by Gasteiger charge is 2.35. The molecule has 1 fully saturated rings. The number of nitrogens with zero attached hydrogens (tertiary/aromatic N) is 2. The minimum Gasteiger partial charge on any atom is -0.444 e. The molecule has 1 atom stereocenters. The molecule has 0 spiro atoms. The van der Waals surface area contributed by atoms with Gasteiger partial charge in [-0.2, -0.15) is 0 Å². The van der Waals surface area contributed by atoms with E-state index in [4.69, 9.17) is 15.2 Å². The van der Waals surface area contributed by atoms with Crippen molar-refractivity contribution in [3.8, 4) is 0 Å². The summed E-state index contributed by atoms with van der Waals surface area (Å²) in [6.45, 7) is 12.3. The molecule has 1 rings (SSSR count). The molecule has 0 bridgehead atoms. The van der Waals surface area contributed by atoms with Crippen LogP contribution in [0.4, 0.5) is 9.59 Å². The van der Waals surface area contributed by atoms with Crippen LogP contribution in [0.1, 0.15) is 41.5 Å². The average Bonchev–Trinajstić information content (AvgIpc) is 2.33. The highest BCUT2D eigenvalue weighted by molar-refractivity contribution is 5.71. The summed E-state index contributed by atoms with van der Waals surface area (Å²) < 4.78 is 10.7. The van der Waals surface area contributed by atoms with Gasteiger partial charge in [0, 0.05) is 26.2 Å². The molecular formula is C15H29N3O4. The normalized spacial score (nSPS) is 19.9. The van der Waals surface area contributed by atoms with Gasteiger partial charge in [-0.3, -0.25) is 0 Å². The van der Waals surface area contributed by atoms with E-state index in [-0.39, 0.29) is 18.7 Å². The smallest absolute Gasteiger partial charge is 0.410 e. The Hall–Kier alpha value is -1.50. The molecule has 2 amide bonds. The Labute approximate surface area is 132 Å². The van der Waals surface area contributed by atoms with E-state index in [1.807, 2.05) is 41.5 Å². The number of hydrogen-bond donors (Lipinski definition) is 1. The Bertz CT molecular complexity index is 412. The average molecular weight is 315 g/mol. The fraction of sp³-hybridized carbons (Fsp3) is 0.867. The van der Waals surface area contributed by atoms with Gasteiger partial charge in [0.05, 0.1) is 6.04 Å². The summed E-state index contributed by atoms with van der Waals surface area (Å²) in [7, 11) is 0. The largest absolute Gasteiger partial charge is 0.444 e. The third kappa shape index (κ3) is 5.71. The highest BCUT2D eigenvalue weighted by Crippen LogP contribution is 2.17. The summed E-state index contributed by atoms with van der Waals surface area (Å²) in [5.74, 6) is 0. The van der Waals surface area contributed by atoms with E-state index in [0.717, 1.165) is 0 Å². The zero-order valence-electron chi connectivity index (χ0n) is 14.5. The van der Waals surface area contributed by atoms with Gasteiger partial charge in [-0.25, -0.2) is 9.59 Å². The molecule has 1 aliphatic heterocycles. The second-order valence-corrected chi connectivity index (χ2v) is 7.49. The van der Waals surface area contributed by atoms with Crippen molar-refractivity contribution in [2.24, 2.45) is 5.73 Å². The van der Waals surface area contributed by atoms with Crippen molar-refractivity contribution in [1.82, 2.24) is 9.80 Å². The first kappa shape index (κ1) is 18.5. The monoisotopic (exact) mass is 315 g/mol. The number of amides is 2. The number of nitrogens with two attached hydrogens (primary N) is 1. The van der Waals surface area contributed by atoms with Gasteiger partial charge in [0.1, 0.15) is 11.2 Å². The lowest BCUT2D eigenvalue weighted by molar-refractivity contribution is -0.0134. The second kappa shape index (κ2) is 6.73. The third-order valence-corrected chi connectivity index (χ3v) is 3.03. The molecule has 1 unspecified atom stereocenters. The van der Waals surface area contributed by atoms with E-state index in [1.165, 1.54) is 0 Å². The van der Waals surface area contributed by atoms with Crippen LogP contribution in [-0.4, -0.2) is 65.4 Å². The molecule has 0 radical (unpaired) electrons. The van der Waals surface area contributed by atoms with E-state index >= 15 is 0 Å². The number of rotatable bonds is 1. The molecule has 7 heteroatoms. The van der Waals surface area contributed by atoms with Crippen LogP contribution < -0.4 is 5.73 Å². The molecule has 7 nitrogen and oxygen atoms in total. The van der Waals surface area contributed by atoms with E-state index in [2.05, 4.69) is 0 Å². The van der Waals surface area contributed by atoms with Gasteiger partial charge in [0.2, 0.25) is 0 Å². The van der Waals surface area contributed by atoms with Crippen LogP contribution in [0.15, 0.2) is 0 Å². The fourth-order valence-corrected chi connectivity index (χ4v) is 2.11. The lowest BCUT2D eigenvalue weighted by atomic mass is 10.1. The lowest BCUT2D eigenvalue weighted by Gasteiger charge is -2.41. The maximum atomic E-state index is 12.2. The van der Waals surface area contributed by atoms with Gasteiger partial charge in [0.25, 0.3) is 0 Å². The molecule has 0 aliphatic carbocycles. The molecule has 0 saturated carbocycles. The quantitative estimate of drug-likeness (QED) is 0.797. The van der Waals surface area contributed by atoms with Crippen molar-refractivity contribution >= 4 is 12.2 Å². The first-order valence-corrected chi connectivity index (χ1v) is 7.60. The summed E-state index contributed by atoms with van der Waals surface area (Å²) in [6.07, 6.45) is -0.776. The van der Waals surface area contributed by atoms with Gasteiger partial charge < -0.3 is 25.0 Å². The third-order valence-electron chi connectivity index (χ3n) is 3.03. The van der Waals surface area contributed by atoms with Gasteiger partial charge in [-0.15, -0.1) is 0 Å². The van der Waals surface area contributed by atoms with Crippen molar-refractivity contribution in [1.29, 1.82) is 0 Å². The van der Waals surface area contributed by atoms with Crippen molar-refractivity contribution < 1.29 is 19.1 Å². The number of carbonyl (C=O) groups is 2. The zero-order chi connectivity index (χ0) is 17.1. The van der Waals surface area contributed by atoms with E-state index in [1.54, 1.807) is 9.80 Å². The van der Waals surface area contributed by atoms with Crippen LogP contribution in [0, 0.1) is 0 Å². The van der Waals surface area contributed by atoms with Crippen LogP contribution in [-0.2, 0) is 9.47 Å². The minimum absolute atomic E-state index is 0.262. The maximum absolute atomic E-state index is 12.2. The number of ether oxygens (including phenoxy) is 2. The van der Waals surface area contributed by atoms with Crippen LogP contribution in [0.3, 0.4) is 0 Å².